The molecule has 0 radical (unpaired) electrons. The lowest BCUT2D eigenvalue weighted by Crippen LogP contribution is -2.40. The summed E-state index contributed by atoms with van der Waals surface area (Å²) in [5.74, 6) is -0.0297. The number of rotatable bonds is 1. The average Bonchev–Trinajstić information content (AvgIpc) is 2.76. The fourth-order valence-corrected chi connectivity index (χ4v) is 3.07. The lowest BCUT2D eigenvalue weighted by atomic mass is 10.2. The van der Waals surface area contributed by atoms with Gasteiger partial charge in [-0.3, -0.25) is 9.69 Å². The first kappa shape index (κ1) is 12.8. The van der Waals surface area contributed by atoms with Crippen LogP contribution in [0, 0.1) is 0 Å². The van der Waals surface area contributed by atoms with Gasteiger partial charge >= 0.3 is 0 Å². The number of hydrogen-bond donors (Lipinski definition) is 0. The van der Waals surface area contributed by atoms with Crippen molar-refractivity contribution in [2.24, 2.45) is 0 Å². The molecule has 1 amide bonds. The Kier molecular flexibility index (Phi) is 3.66. The SMILES string of the molecule is O=C(c1cnc(Cl)cn1)N1CCCN2CCCC2C1. The Balaban J connectivity index is 1.73. The maximum atomic E-state index is 12.4. The van der Waals surface area contributed by atoms with E-state index >= 15 is 0 Å². The van der Waals surface area contributed by atoms with Gasteiger partial charge in [-0.05, 0) is 25.8 Å². The van der Waals surface area contributed by atoms with E-state index in [0.717, 1.165) is 26.1 Å². The third-order valence-corrected chi connectivity index (χ3v) is 4.13. The second-order valence-electron chi connectivity index (χ2n) is 5.16. The van der Waals surface area contributed by atoms with Crippen LogP contribution >= 0.6 is 11.6 Å². The highest BCUT2D eigenvalue weighted by Gasteiger charge is 2.31. The van der Waals surface area contributed by atoms with Gasteiger partial charge < -0.3 is 4.90 Å². The molecule has 0 N–H and O–H groups in total. The zero-order chi connectivity index (χ0) is 13.2. The van der Waals surface area contributed by atoms with Gasteiger partial charge in [0.25, 0.3) is 5.91 Å². The molecule has 3 rings (SSSR count). The minimum Gasteiger partial charge on any atom is -0.336 e. The lowest BCUT2D eigenvalue weighted by molar-refractivity contribution is 0.0737. The predicted octanol–water partition coefficient (Wildman–Crippen LogP) is 1.44. The van der Waals surface area contributed by atoms with Gasteiger partial charge in [-0.15, -0.1) is 0 Å². The summed E-state index contributed by atoms with van der Waals surface area (Å²) in [7, 11) is 0. The van der Waals surface area contributed by atoms with E-state index in [9.17, 15) is 4.79 Å². The van der Waals surface area contributed by atoms with E-state index in [-0.39, 0.29) is 5.91 Å². The Morgan fingerprint density at radius 2 is 2.05 bits per heavy atom. The van der Waals surface area contributed by atoms with E-state index in [2.05, 4.69) is 14.9 Å². The summed E-state index contributed by atoms with van der Waals surface area (Å²) in [4.78, 5) is 24.8. The van der Waals surface area contributed by atoms with Crippen molar-refractivity contribution in [2.45, 2.75) is 25.3 Å². The summed E-state index contributed by atoms with van der Waals surface area (Å²) in [6.45, 7) is 3.88. The molecule has 2 aliphatic rings. The number of hydrogen-bond acceptors (Lipinski definition) is 4. The fourth-order valence-electron chi connectivity index (χ4n) is 2.98. The van der Waals surface area contributed by atoms with Crippen molar-refractivity contribution in [2.75, 3.05) is 26.2 Å². The standard InChI is InChI=1S/C13H17ClN4O/c14-12-8-15-11(7-16-12)13(19)18-6-2-5-17-4-1-3-10(17)9-18/h7-8,10H,1-6,9H2. The third kappa shape index (κ3) is 2.72. The van der Waals surface area contributed by atoms with Gasteiger partial charge in [0, 0.05) is 25.7 Å². The van der Waals surface area contributed by atoms with Crippen LogP contribution in [0.3, 0.4) is 0 Å². The normalized spacial score (nSPS) is 24.1. The van der Waals surface area contributed by atoms with Gasteiger partial charge in [-0.2, -0.15) is 0 Å². The van der Waals surface area contributed by atoms with E-state index in [4.69, 9.17) is 11.6 Å². The van der Waals surface area contributed by atoms with Gasteiger partial charge in [-0.25, -0.2) is 9.97 Å². The molecule has 5 nitrogen and oxygen atoms in total. The van der Waals surface area contributed by atoms with Gasteiger partial charge in [-0.1, -0.05) is 11.6 Å². The van der Waals surface area contributed by atoms with Crippen LogP contribution in [0.25, 0.3) is 0 Å². The smallest absolute Gasteiger partial charge is 0.274 e. The van der Waals surface area contributed by atoms with Gasteiger partial charge in [0.2, 0.25) is 0 Å². The average molecular weight is 281 g/mol. The van der Waals surface area contributed by atoms with Crippen LogP contribution in [0.4, 0.5) is 0 Å². The number of fused-ring (bicyclic) bond motifs is 1. The van der Waals surface area contributed by atoms with Crippen LogP contribution < -0.4 is 0 Å². The number of carbonyl (C=O) groups is 1. The first-order valence-electron chi connectivity index (χ1n) is 6.75. The van der Waals surface area contributed by atoms with Crippen LogP contribution in [0.1, 0.15) is 29.8 Å². The first-order valence-corrected chi connectivity index (χ1v) is 7.13. The highest BCUT2D eigenvalue weighted by Crippen LogP contribution is 2.22. The summed E-state index contributed by atoms with van der Waals surface area (Å²) >= 11 is 5.70. The summed E-state index contributed by atoms with van der Waals surface area (Å²) in [6.07, 6.45) is 6.35. The molecule has 102 valence electrons. The largest absolute Gasteiger partial charge is 0.336 e. The first-order chi connectivity index (χ1) is 9.24. The predicted molar refractivity (Wildman–Crippen MR) is 72.2 cm³/mol. The van der Waals surface area contributed by atoms with Crippen LogP contribution in [0.2, 0.25) is 5.15 Å². The quantitative estimate of drug-likeness (QED) is 0.781. The molecule has 2 fully saturated rings. The van der Waals surface area contributed by atoms with Crippen molar-refractivity contribution >= 4 is 17.5 Å². The Labute approximate surface area is 117 Å². The molecule has 0 aliphatic carbocycles. The molecule has 6 heteroatoms. The van der Waals surface area contributed by atoms with E-state index in [1.165, 1.54) is 31.8 Å². The topological polar surface area (TPSA) is 49.3 Å². The monoisotopic (exact) mass is 280 g/mol. The van der Waals surface area contributed by atoms with E-state index in [0.29, 0.717) is 16.9 Å². The Bertz CT molecular complexity index is 464. The molecule has 1 unspecified atom stereocenters. The zero-order valence-electron chi connectivity index (χ0n) is 10.8. The van der Waals surface area contributed by atoms with Crippen molar-refractivity contribution in [3.05, 3.63) is 23.2 Å². The Morgan fingerprint density at radius 1 is 1.21 bits per heavy atom. The van der Waals surface area contributed by atoms with Crippen LogP contribution in [-0.2, 0) is 0 Å². The maximum Gasteiger partial charge on any atom is 0.274 e. The summed E-state index contributed by atoms with van der Waals surface area (Å²) in [5, 5.41) is 0.314. The number of carbonyl (C=O) groups excluding carboxylic acids is 1. The molecule has 0 bridgehead atoms. The van der Waals surface area contributed by atoms with Crippen molar-refractivity contribution in [3.8, 4) is 0 Å². The molecule has 2 saturated heterocycles. The zero-order valence-corrected chi connectivity index (χ0v) is 11.5. The van der Waals surface area contributed by atoms with Gasteiger partial charge in [0.05, 0.1) is 12.4 Å². The fraction of sp³-hybridized carbons (Fsp3) is 0.615. The van der Waals surface area contributed by atoms with E-state index in [1.54, 1.807) is 0 Å². The number of halogens is 1. The van der Waals surface area contributed by atoms with Crippen LogP contribution in [0.5, 0.6) is 0 Å². The summed E-state index contributed by atoms with van der Waals surface area (Å²) in [6, 6.07) is 0.520. The van der Waals surface area contributed by atoms with Crippen molar-refractivity contribution in [1.29, 1.82) is 0 Å². The number of aromatic nitrogens is 2. The highest BCUT2D eigenvalue weighted by molar-refractivity contribution is 6.29. The minimum absolute atomic E-state index is 0.0297. The summed E-state index contributed by atoms with van der Waals surface area (Å²) < 4.78 is 0. The van der Waals surface area contributed by atoms with E-state index < -0.39 is 0 Å². The van der Waals surface area contributed by atoms with E-state index in [1.807, 2.05) is 4.90 Å². The molecule has 1 aromatic rings. The van der Waals surface area contributed by atoms with Crippen molar-refractivity contribution < 1.29 is 4.79 Å². The second-order valence-corrected chi connectivity index (χ2v) is 5.55. The molecule has 0 saturated carbocycles. The lowest BCUT2D eigenvalue weighted by Gasteiger charge is -2.25. The Morgan fingerprint density at radius 3 is 2.84 bits per heavy atom. The van der Waals surface area contributed by atoms with Crippen LogP contribution in [0.15, 0.2) is 12.4 Å². The molecule has 0 aromatic carbocycles. The molecule has 0 spiro atoms. The summed E-state index contributed by atoms with van der Waals surface area (Å²) in [5.41, 5.74) is 0.385. The molecular formula is C13H17ClN4O. The molecular weight excluding hydrogens is 264 g/mol. The minimum atomic E-state index is -0.0297. The molecule has 1 aromatic heterocycles. The number of nitrogens with zero attached hydrogens (tertiary/aromatic N) is 4. The van der Waals surface area contributed by atoms with Crippen molar-refractivity contribution in [3.63, 3.8) is 0 Å². The Hall–Kier alpha value is -1.20. The molecule has 19 heavy (non-hydrogen) atoms. The third-order valence-electron chi connectivity index (χ3n) is 3.93. The second kappa shape index (κ2) is 5.43. The number of amides is 1. The molecule has 1 atom stereocenters. The van der Waals surface area contributed by atoms with Crippen LogP contribution in [-0.4, -0.2) is 57.9 Å². The van der Waals surface area contributed by atoms with Gasteiger partial charge in [0.1, 0.15) is 10.8 Å². The molecule has 3 heterocycles. The highest BCUT2D eigenvalue weighted by atomic mass is 35.5. The van der Waals surface area contributed by atoms with Gasteiger partial charge in [0.15, 0.2) is 0 Å². The molecule has 2 aliphatic heterocycles. The maximum absolute atomic E-state index is 12.4. The van der Waals surface area contributed by atoms with Crippen molar-refractivity contribution in [1.82, 2.24) is 19.8 Å².